The number of aryl methyl sites for hydroxylation is 1. The fourth-order valence-electron chi connectivity index (χ4n) is 4.66. The Hall–Kier alpha value is -4.10. The van der Waals surface area contributed by atoms with Crippen molar-refractivity contribution in [2.24, 2.45) is 0 Å². The first-order chi connectivity index (χ1) is 17.7. The normalized spacial score (nSPS) is 15.0. The van der Waals surface area contributed by atoms with Crippen LogP contribution in [0.3, 0.4) is 0 Å². The summed E-state index contributed by atoms with van der Waals surface area (Å²) in [6, 6.07) is 23.9. The van der Waals surface area contributed by atoms with E-state index >= 15 is 0 Å². The Morgan fingerprint density at radius 3 is 2.27 bits per heavy atom. The van der Waals surface area contributed by atoms with E-state index < -0.39 is 0 Å². The molecule has 5 aromatic rings. The van der Waals surface area contributed by atoms with E-state index in [4.69, 9.17) is 0 Å². The van der Waals surface area contributed by atoms with Crippen LogP contribution in [-0.4, -0.2) is 20.5 Å². The Labute approximate surface area is 218 Å². The maximum atomic E-state index is 13.7. The molecule has 6 nitrogen and oxygen atoms in total. The highest BCUT2D eigenvalue weighted by atomic mass is 32.1. The summed E-state index contributed by atoms with van der Waals surface area (Å²) in [4.78, 5) is 34.0. The molecule has 1 aliphatic heterocycles. The Kier molecular flexibility index (Phi) is 5.35. The molecule has 0 fully saturated rings. The molecule has 0 N–H and O–H groups in total. The largest absolute Gasteiger partial charge is 0.303 e. The van der Waals surface area contributed by atoms with Crippen molar-refractivity contribution in [3.05, 3.63) is 110 Å². The number of anilines is 1. The number of hydrogen-bond donors (Lipinski definition) is 0. The van der Waals surface area contributed by atoms with Gasteiger partial charge in [-0.05, 0) is 29.5 Å². The lowest BCUT2D eigenvalue weighted by Crippen LogP contribution is -2.32. The topological polar surface area (TPSA) is 67.6 Å². The standard InChI is InChI=1S/C30H26N4O2S/c1-18-9-11-19(12-10-18)17-33-23-8-6-5-7-22(23)24(27(33)35)25-28(36)34-29(37-25)31-26(32-34)20-13-15-21(16-14-20)30(2,3)4/h5-16H,17H2,1-4H3/b25-24-. The third-order valence-electron chi connectivity index (χ3n) is 6.78. The van der Waals surface area contributed by atoms with Gasteiger partial charge in [-0.3, -0.25) is 9.59 Å². The number of carbonyl (C=O) groups excluding carboxylic acids is 1. The molecule has 2 aromatic heterocycles. The number of carbonyl (C=O) groups is 1. The van der Waals surface area contributed by atoms with Crippen molar-refractivity contribution in [3.8, 4) is 11.4 Å². The van der Waals surface area contributed by atoms with Gasteiger partial charge >= 0.3 is 0 Å². The van der Waals surface area contributed by atoms with Gasteiger partial charge in [0.1, 0.15) is 4.53 Å². The molecule has 0 spiro atoms. The molecule has 0 radical (unpaired) electrons. The van der Waals surface area contributed by atoms with Crippen LogP contribution in [0.4, 0.5) is 5.69 Å². The predicted molar refractivity (Wildman–Crippen MR) is 148 cm³/mol. The minimum Gasteiger partial charge on any atom is -0.303 e. The van der Waals surface area contributed by atoms with E-state index in [1.54, 1.807) is 4.90 Å². The SMILES string of the molecule is Cc1ccc(CN2C(=O)/C(=c3\sc4nc(-c5ccc(C(C)(C)C)cc5)nn4c3=O)c3ccccc32)cc1. The number of aromatic nitrogens is 3. The van der Waals surface area contributed by atoms with Crippen molar-refractivity contribution in [2.45, 2.75) is 39.7 Å². The average molecular weight is 507 g/mol. The molecule has 0 atom stereocenters. The summed E-state index contributed by atoms with van der Waals surface area (Å²) >= 11 is 1.21. The molecule has 37 heavy (non-hydrogen) atoms. The molecular weight excluding hydrogens is 480 g/mol. The van der Waals surface area contributed by atoms with Crippen LogP contribution in [0.5, 0.6) is 0 Å². The zero-order chi connectivity index (χ0) is 25.9. The van der Waals surface area contributed by atoms with Crippen molar-refractivity contribution >= 4 is 33.5 Å². The van der Waals surface area contributed by atoms with Crippen LogP contribution in [-0.2, 0) is 16.8 Å². The molecule has 1 amide bonds. The van der Waals surface area contributed by atoms with E-state index in [0.29, 0.717) is 27.4 Å². The maximum absolute atomic E-state index is 13.7. The van der Waals surface area contributed by atoms with E-state index in [1.807, 2.05) is 67.6 Å². The highest BCUT2D eigenvalue weighted by Crippen LogP contribution is 2.36. The Morgan fingerprint density at radius 1 is 0.892 bits per heavy atom. The predicted octanol–water partition coefficient (Wildman–Crippen LogP) is 4.89. The fourth-order valence-corrected chi connectivity index (χ4v) is 5.66. The van der Waals surface area contributed by atoms with Crippen molar-refractivity contribution < 1.29 is 4.79 Å². The second kappa shape index (κ2) is 8.49. The quantitative estimate of drug-likeness (QED) is 0.350. The smallest absolute Gasteiger partial charge is 0.291 e. The van der Waals surface area contributed by atoms with Gasteiger partial charge in [-0.2, -0.15) is 9.50 Å². The summed E-state index contributed by atoms with van der Waals surface area (Å²) in [5.74, 6) is 0.320. The lowest BCUT2D eigenvalue weighted by molar-refractivity contribution is -0.113. The first-order valence-corrected chi connectivity index (χ1v) is 13.0. The van der Waals surface area contributed by atoms with Crippen molar-refractivity contribution in [1.82, 2.24) is 14.6 Å². The van der Waals surface area contributed by atoms with E-state index in [1.165, 1.54) is 27.0 Å². The summed E-state index contributed by atoms with van der Waals surface area (Å²) in [6.07, 6.45) is 0. The van der Waals surface area contributed by atoms with Crippen LogP contribution < -0.4 is 15.0 Å². The number of para-hydroxylation sites is 1. The summed E-state index contributed by atoms with van der Waals surface area (Å²) in [6.45, 7) is 8.97. The van der Waals surface area contributed by atoms with Crippen LogP contribution in [0.25, 0.3) is 21.9 Å². The van der Waals surface area contributed by atoms with Gasteiger partial charge in [0, 0.05) is 11.1 Å². The molecule has 0 saturated heterocycles. The highest BCUT2D eigenvalue weighted by Gasteiger charge is 2.34. The molecular formula is C30H26N4O2S. The van der Waals surface area contributed by atoms with Gasteiger partial charge in [0.15, 0.2) is 5.82 Å². The lowest BCUT2D eigenvalue weighted by atomic mass is 9.87. The summed E-state index contributed by atoms with van der Waals surface area (Å²) < 4.78 is 1.69. The third kappa shape index (κ3) is 3.96. The number of hydrogen-bond acceptors (Lipinski definition) is 5. The first kappa shape index (κ1) is 23.3. The zero-order valence-electron chi connectivity index (χ0n) is 21.1. The number of benzene rings is 3. The molecule has 0 saturated carbocycles. The fraction of sp³-hybridized carbons (Fsp3) is 0.200. The summed E-state index contributed by atoms with van der Waals surface area (Å²) in [7, 11) is 0. The van der Waals surface area contributed by atoms with Crippen molar-refractivity contribution in [2.75, 3.05) is 4.90 Å². The molecule has 0 bridgehead atoms. The van der Waals surface area contributed by atoms with E-state index in [9.17, 15) is 9.59 Å². The summed E-state index contributed by atoms with van der Waals surface area (Å²) in [5, 5.41) is 4.51. The number of amides is 1. The molecule has 3 aromatic carbocycles. The van der Waals surface area contributed by atoms with Gasteiger partial charge in [-0.25, -0.2) is 0 Å². The first-order valence-electron chi connectivity index (χ1n) is 12.2. The van der Waals surface area contributed by atoms with Gasteiger partial charge in [0.05, 0.1) is 17.8 Å². The molecule has 184 valence electrons. The van der Waals surface area contributed by atoms with Gasteiger partial charge < -0.3 is 4.90 Å². The molecule has 7 heteroatoms. The lowest BCUT2D eigenvalue weighted by Gasteiger charge is -2.18. The molecule has 6 rings (SSSR count). The van der Waals surface area contributed by atoms with Gasteiger partial charge in [-0.1, -0.05) is 104 Å². The van der Waals surface area contributed by atoms with E-state index in [0.717, 1.165) is 22.4 Å². The van der Waals surface area contributed by atoms with E-state index in [2.05, 4.69) is 43.0 Å². The van der Waals surface area contributed by atoms with Gasteiger partial charge in [0.2, 0.25) is 4.96 Å². The van der Waals surface area contributed by atoms with Crippen molar-refractivity contribution in [3.63, 3.8) is 0 Å². The molecule has 0 unspecified atom stereocenters. The number of thiazole rings is 1. The second-order valence-corrected chi connectivity index (χ2v) is 11.4. The van der Waals surface area contributed by atoms with Crippen LogP contribution in [0.15, 0.2) is 77.6 Å². The number of nitrogens with zero attached hydrogens (tertiary/aromatic N) is 4. The number of rotatable bonds is 3. The van der Waals surface area contributed by atoms with Crippen LogP contribution in [0.1, 0.15) is 43.0 Å². The van der Waals surface area contributed by atoms with Gasteiger partial charge in [0.25, 0.3) is 11.5 Å². The Bertz CT molecular complexity index is 1770. The monoisotopic (exact) mass is 506 g/mol. The third-order valence-corrected chi connectivity index (χ3v) is 7.81. The Morgan fingerprint density at radius 2 is 1.59 bits per heavy atom. The van der Waals surface area contributed by atoms with Crippen LogP contribution in [0.2, 0.25) is 0 Å². The van der Waals surface area contributed by atoms with Gasteiger partial charge in [-0.15, -0.1) is 5.10 Å². The number of fused-ring (bicyclic) bond motifs is 2. The molecule has 1 aliphatic rings. The zero-order valence-corrected chi connectivity index (χ0v) is 22.0. The minimum atomic E-state index is -0.319. The summed E-state index contributed by atoms with van der Waals surface area (Å²) in [5.41, 5.74) is 5.98. The molecule has 3 heterocycles. The maximum Gasteiger partial charge on any atom is 0.291 e. The average Bonchev–Trinajstić information content (AvgIpc) is 3.51. The van der Waals surface area contributed by atoms with Crippen molar-refractivity contribution in [1.29, 1.82) is 0 Å². The molecule has 0 aliphatic carbocycles. The van der Waals surface area contributed by atoms with Crippen LogP contribution >= 0.6 is 11.3 Å². The Balaban J connectivity index is 1.43. The second-order valence-electron chi connectivity index (χ2n) is 10.5. The minimum absolute atomic E-state index is 0.0479. The van der Waals surface area contributed by atoms with E-state index in [-0.39, 0.29) is 16.9 Å². The highest BCUT2D eigenvalue weighted by molar-refractivity contribution is 7.15. The van der Waals surface area contributed by atoms with Crippen LogP contribution in [0, 0.1) is 6.92 Å².